The predicted molar refractivity (Wildman–Crippen MR) is 66.7 cm³/mol. The Morgan fingerprint density at radius 1 is 1.41 bits per heavy atom. The summed E-state index contributed by atoms with van der Waals surface area (Å²) >= 11 is 5.90. The number of anilines is 1. The van der Waals surface area contributed by atoms with Crippen molar-refractivity contribution >= 4 is 29.2 Å². The normalized spacial score (nSPS) is 9.82. The Morgan fingerprint density at radius 3 is 2.65 bits per heavy atom. The van der Waals surface area contributed by atoms with Crippen LogP contribution >= 0.6 is 11.6 Å². The second kappa shape index (κ2) is 6.25. The molecule has 92 valence electrons. The summed E-state index contributed by atoms with van der Waals surface area (Å²) in [5.41, 5.74) is 0.931. The number of hydrogen-bond acceptors (Lipinski definition) is 3. The number of benzene rings is 1. The number of halogens is 1. The summed E-state index contributed by atoms with van der Waals surface area (Å²) < 4.78 is 4.85. The van der Waals surface area contributed by atoms with E-state index in [1.54, 1.807) is 12.1 Å². The van der Waals surface area contributed by atoms with Crippen molar-refractivity contribution in [2.24, 2.45) is 0 Å². The lowest BCUT2D eigenvalue weighted by molar-refractivity contribution is 0.101. The number of carbonyl (C=O) groups excluding carboxylic acids is 2. The Labute approximate surface area is 105 Å². The van der Waals surface area contributed by atoms with Crippen LogP contribution in [0.3, 0.4) is 0 Å². The van der Waals surface area contributed by atoms with Gasteiger partial charge < -0.3 is 4.74 Å². The Kier molecular flexibility index (Phi) is 4.97. The van der Waals surface area contributed by atoms with E-state index in [1.807, 2.05) is 6.92 Å². The standard InChI is InChI=1S/C12H14ClNO3/c1-3-6-17-12(16)14-9-4-5-10(8(2)15)11(13)7-9/h4-5,7H,3,6H2,1-2H3,(H,14,16). The van der Waals surface area contributed by atoms with Crippen LogP contribution < -0.4 is 5.32 Å². The monoisotopic (exact) mass is 255 g/mol. The summed E-state index contributed by atoms with van der Waals surface area (Å²) in [6.45, 7) is 3.71. The lowest BCUT2D eigenvalue weighted by Gasteiger charge is -2.07. The summed E-state index contributed by atoms with van der Waals surface area (Å²) in [6, 6.07) is 4.70. The first-order chi connectivity index (χ1) is 8.04. The molecule has 4 nitrogen and oxygen atoms in total. The van der Waals surface area contributed by atoms with Gasteiger partial charge >= 0.3 is 6.09 Å². The van der Waals surface area contributed by atoms with Crippen LogP contribution in [0.1, 0.15) is 30.6 Å². The van der Waals surface area contributed by atoms with E-state index in [0.717, 1.165) is 6.42 Å². The minimum atomic E-state index is -0.529. The Morgan fingerprint density at radius 2 is 2.12 bits per heavy atom. The topological polar surface area (TPSA) is 55.4 Å². The van der Waals surface area contributed by atoms with Crippen LogP contribution in [0.2, 0.25) is 5.02 Å². The number of hydrogen-bond donors (Lipinski definition) is 1. The molecule has 0 spiro atoms. The maximum Gasteiger partial charge on any atom is 0.411 e. The van der Waals surface area contributed by atoms with Gasteiger partial charge in [-0.2, -0.15) is 0 Å². The highest BCUT2D eigenvalue weighted by molar-refractivity contribution is 6.34. The molecule has 0 bridgehead atoms. The van der Waals surface area contributed by atoms with Crippen molar-refractivity contribution in [1.82, 2.24) is 0 Å². The van der Waals surface area contributed by atoms with Crippen molar-refractivity contribution in [2.45, 2.75) is 20.3 Å². The van der Waals surface area contributed by atoms with E-state index in [2.05, 4.69) is 5.32 Å². The molecule has 0 fully saturated rings. The van der Waals surface area contributed by atoms with Gasteiger partial charge in [0.2, 0.25) is 0 Å². The molecular weight excluding hydrogens is 242 g/mol. The van der Waals surface area contributed by atoms with Gasteiger partial charge in [0, 0.05) is 11.3 Å². The van der Waals surface area contributed by atoms with Crippen LogP contribution in [0, 0.1) is 0 Å². The molecule has 0 aliphatic rings. The Bertz CT molecular complexity index is 432. The number of nitrogens with one attached hydrogen (secondary N) is 1. The molecule has 0 saturated carbocycles. The molecule has 1 N–H and O–H groups in total. The van der Waals surface area contributed by atoms with Crippen LogP contribution in [-0.2, 0) is 4.74 Å². The fourth-order valence-corrected chi connectivity index (χ4v) is 1.54. The second-order valence-corrected chi connectivity index (χ2v) is 3.92. The molecule has 1 aromatic carbocycles. The summed E-state index contributed by atoms with van der Waals surface area (Å²) in [6.07, 6.45) is 0.232. The third-order valence-electron chi connectivity index (χ3n) is 2.03. The SMILES string of the molecule is CCCOC(=O)Nc1ccc(C(C)=O)c(Cl)c1. The molecule has 0 aliphatic heterocycles. The molecule has 5 heteroatoms. The molecule has 1 rings (SSSR count). The fraction of sp³-hybridized carbons (Fsp3) is 0.333. The molecule has 0 aromatic heterocycles. The van der Waals surface area contributed by atoms with Crippen LogP contribution in [-0.4, -0.2) is 18.5 Å². The average Bonchev–Trinajstić information content (AvgIpc) is 2.26. The molecule has 0 aliphatic carbocycles. The highest BCUT2D eigenvalue weighted by Crippen LogP contribution is 2.21. The second-order valence-electron chi connectivity index (χ2n) is 3.51. The molecule has 0 atom stereocenters. The third-order valence-corrected chi connectivity index (χ3v) is 2.34. The minimum absolute atomic E-state index is 0.116. The smallest absolute Gasteiger partial charge is 0.411 e. The van der Waals surface area contributed by atoms with E-state index in [9.17, 15) is 9.59 Å². The highest BCUT2D eigenvalue weighted by atomic mass is 35.5. The quantitative estimate of drug-likeness (QED) is 0.838. The van der Waals surface area contributed by atoms with E-state index in [4.69, 9.17) is 16.3 Å². The number of ether oxygens (including phenoxy) is 1. The van der Waals surface area contributed by atoms with Gasteiger partial charge in [0.05, 0.1) is 11.6 Å². The lowest BCUT2D eigenvalue weighted by atomic mass is 10.1. The van der Waals surface area contributed by atoms with Crippen molar-refractivity contribution in [2.75, 3.05) is 11.9 Å². The van der Waals surface area contributed by atoms with Crippen LogP contribution in [0.25, 0.3) is 0 Å². The van der Waals surface area contributed by atoms with Gasteiger partial charge in [0.1, 0.15) is 0 Å². The molecule has 0 unspecified atom stereocenters. The molecular formula is C12H14ClNO3. The van der Waals surface area contributed by atoms with E-state index in [0.29, 0.717) is 22.9 Å². The van der Waals surface area contributed by atoms with Crippen LogP contribution in [0.15, 0.2) is 18.2 Å². The van der Waals surface area contributed by atoms with Crippen LogP contribution in [0.4, 0.5) is 10.5 Å². The third kappa shape index (κ3) is 4.07. The molecule has 17 heavy (non-hydrogen) atoms. The number of Topliss-reactive ketones (excluding diaryl/α,β-unsaturated/α-hetero) is 1. The zero-order valence-corrected chi connectivity index (χ0v) is 10.5. The van der Waals surface area contributed by atoms with Gasteiger partial charge in [-0.05, 0) is 31.5 Å². The maximum absolute atomic E-state index is 11.3. The Hall–Kier alpha value is -1.55. The average molecular weight is 256 g/mol. The first-order valence-corrected chi connectivity index (χ1v) is 5.66. The molecule has 1 amide bonds. The van der Waals surface area contributed by atoms with Crippen molar-refractivity contribution in [3.63, 3.8) is 0 Å². The van der Waals surface area contributed by atoms with E-state index in [-0.39, 0.29) is 5.78 Å². The van der Waals surface area contributed by atoms with Crippen LogP contribution in [0.5, 0.6) is 0 Å². The molecule has 1 aromatic rings. The van der Waals surface area contributed by atoms with Gasteiger partial charge in [0.15, 0.2) is 5.78 Å². The van der Waals surface area contributed by atoms with Gasteiger partial charge in [-0.3, -0.25) is 10.1 Å². The number of ketones is 1. The largest absolute Gasteiger partial charge is 0.449 e. The number of rotatable bonds is 4. The Balaban J connectivity index is 2.70. The van der Waals surface area contributed by atoms with Crippen molar-refractivity contribution in [3.8, 4) is 0 Å². The zero-order chi connectivity index (χ0) is 12.8. The lowest BCUT2D eigenvalue weighted by Crippen LogP contribution is -2.14. The molecule has 0 saturated heterocycles. The summed E-state index contributed by atoms with van der Waals surface area (Å²) in [7, 11) is 0. The van der Waals surface area contributed by atoms with Crippen molar-refractivity contribution in [3.05, 3.63) is 28.8 Å². The zero-order valence-electron chi connectivity index (χ0n) is 9.75. The first-order valence-electron chi connectivity index (χ1n) is 5.29. The fourth-order valence-electron chi connectivity index (χ4n) is 1.23. The molecule has 0 heterocycles. The highest BCUT2D eigenvalue weighted by Gasteiger charge is 2.08. The minimum Gasteiger partial charge on any atom is -0.449 e. The summed E-state index contributed by atoms with van der Waals surface area (Å²) in [4.78, 5) is 22.4. The van der Waals surface area contributed by atoms with Crippen molar-refractivity contribution < 1.29 is 14.3 Å². The van der Waals surface area contributed by atoms with Gasteiger partial charge in [0.25, 0.3) is 0 Å². The summed E-state index contributed by atoms with van der Waals surface area (Å²) in [5, 5.41) is 2.84. The van der Waals surface area contributed by atoms with E-state index < -0.39 is 6.09 Å². The molecule has 0 radical (unpaired) electrons. The number of carbonyl (C=O) groups is 2. The van der Waals surface area contributed by atoms with Gasteiger partial charge in [-0.1, -0.05) is 18.5 Å². The van der Waals surface area contributed by atoms with Gasteiger partial charge in [-0.25, -0.2) is 4.79 Å². The first kappa shape index (κ1) is 13.5. The van der Waals surface area contributed by atoms with E-state index in [1.165, 1.54) is 13.0 Å². The van der Waals surface area contributed by atoms with E-state index >= 15 is 0 Å². The number of amides is 1. The predicted octanol–water partition coefficient (Wildman–Crippen LogP) is 3.50. The summed E-state index contributed by atoms with van der Waals surface area (Å²) in [5.74, 6) is -0.116. The van der Waals surface area contributed by atoms with Gasteiger partial charge in [-0.15, -0.1) is 0 Å². The maximum atomic E-state index is 11.3. The van der Waals surface area contributed by atoms with Crippen molar-refractivity contribution in [1.29, 1.82) is 0 Å².